The number of para-hydroxylation sites is 3. The van der Waals surface area contributed by atoms with Gasteiger partial charge in [0.15, 0.2) is 6.61 Å². The average Bonchev–Trinajstić information content (AvgIpc) is 3.31. The van der Waals surface area contributed by atoms with Gasteiger partial charge in [0, 0.05) is 6.54 Å². The number of ether oxygens (including phenoxy) is 1. The van der Waals surface area contributed by atoms with Crippen LogP contribution in [0.1, 0.15) is 116 Å². The topological polar surface area (TPSA) is 56.2 Å². The molecular formula is C33H49N3O2. The second-order valence-corrected chi connectivity index (χ2v) is 10.6. The van der Waals surface area contributed by atoms with Crippen molar-refractivity contribution in [3.8, 4) is 5.75 Å². The number of hydrogen-bond donors (Lipinski definition) is 1. The third-order valence-electron chi connectivity index (χ3n) is 7.30. The van der Waals surface area contributed by atoms with Crippen molar-refractivity contribution in [1.82, 2.24) is 14.9 Å². The van der Waals surface area contributed by atoms with Crippen molar-refractivity contribution in [2.24, 2.45) is 0 Å². The highest BCUT2D eigenvalue weighted by atomic mass is 16.5. The molecule has 5 heteroatoms. The molecule has 2 aromatic carbocycles. The van der Waals surface area contributed by atoms with Crippen LogP contribution in [-0.2, 0) is 11.3 Å². The number of amides is 1. The molecule has 0 aliphatic rings. The summed E-state index contributed by atoms with van der Waals surface area (Å²) < 4.78 is 7.90. The Morgan fingerprint density at radius 3 is 1.97 bits per heavy atom. The van der Waals surface area contributed by atoms with Crippen LogP contribution in [0, 0.1) is 0 Å². The van der Waals surface area contributed by atoms with Gasteiger partial charge >= 0.3 is 0 Å². The number of carbonyl (C=O) groups excluding carboxylic acids is 1. The van der Waals surface area contributed by atoms with Crippen molar-refractivity contribution >= 4 is 16.9 Å². The second-order valence-electron chi connectivity index (χ2n) is 10.6. The normalized spacial score (nSPS) is 12.1. The largest absolute Gasteiger partial charge is 0.484 e. The zero-order chi connectivity index (χ0) is 26.8. The highest BCUT2D eigenvalue weighted by Gasteiger charge is 2.18. The van der Waals surface area contributed by atoms with Crippen molar-refractivity contribution in [2.45, 2.75) is 116 Å². The van der Waals surface area contributed by atoms with Gasteiger partial charge in [0.05, 0.1) is 17.1 Å². The molecule has 1 aromatic heterocycles. The molecule has 0 saturated carbocycles. The Hall–Kier alpha value is -2.82. The first-order valence-corrected chi connectivity index (χ1v) is 15.1. The molecule has 0 saturated heterocycles. The van der Waals surface area contributed by atoms with E-state index in [0.717, 1.165) is 29.8 Å². The van der Waals surface area contributed by atoms with E-state index in [1.165, 1.54) is 83.5 Å². The van der Waals surface area contributed by atoms with E-state index in [9.17, 15) is 4.79 Å². The first-order valence-electron chi connectivity index (χ1n) is 15.1. The summed E-state index contributed by atoms with van der Waals surface area (Å²) in [5.74, 6) is 1.46. The molecule has 0 aliphatic carbocycles. The van der Waals surface area contributed by atoms with E-state index >= 15 is 0 Å². The number of rotatable bonds is 20. The summed E-state index contributed by atoms with van der Waals surface area (Å²) in [6, 6.07) is 17.5. The van der Waals surface area contributed by atoms with Crippen LogP contribution in [0.15, 0.2) is 54.6 Å². The first-order chi connectivity index (χ1) is 18.7. The van der Waals surface area contributed by atoms with Gasteiger partial charge in [-0.3, -0.25) is 4.79 Å². The minimum atomic E-state index is -0.194. The summed E-state index contributed by atoms with van der Waals surface area (Å²) in [6.45, 7) is 5.20. The van der Waals surface area contributed by atoms with Crippen LogP contribution < -0.4 is 10.1 Å². The lowest BCUT2D eigenvalue weighted by atomic mass is 10.0. The van der Waals surface area contributed by atoms with Crippen LogP contribution in [0.5, 0.6) is 5.75 Å². The summed E-state index contributed by atoms with van der Waals surface area (Å²) in [5, 5.41) is 3.07. The summed E-state index contributed by atoms with van der Waals surface area (Å²) >= 11 is 0. The molecule has 1 atom stereocenters. The molecule has 1 amide bonds. The van der Waals surface area contributed by atoms with Crippen molar-refractivity contribution in [2.75, 3.05) is 6.61 Å². The molecule has 208 valence electrons. The van der Waals surface area contributed by atoms with Gasteiger partial charge in [0.2, 0.25) is 0 Å². The predicted molar refractivity (Wildman–Crippen MR) is 159 cm³/mol. The van der Waals surface area contributed by atoms with Crippen LogP contribution in [-0.4, -0.2) is 22.1 Å². The standard InChI is InChI=1S/C33H49N3O2/c1-3-4-5-6-7-8-9-10-11-12-13-14-15-21-26-36-31-25-20-19-24-30(31)35-33(36)28(2)34-32(37)27-38-29-22-17-16-18-23-29/h16-20,22-25,28H,3-15,21,26-27H2,1-2H3,(H,34,37). The Labute approximate surface area is 230 Å². The van der Waals surface area contributed by atoms with Gasteiger partial charge in [-0.1, -0.05) is 121 Å². The van der Waals surface area contributed by atoms with Crippen LogP contribution in [0.4, 0.5) is 0 Å². The highest BCUT2D eigenvalue weighted by molar-refractivity contribution is 5.79. The third kappa shape index (κ3) is 10.5. The van der Waals surface area contributed by atoms with E-state index < -0.39 is 0 Å². The Morgan fingerprint density at radius 2 is 1.34 bits per heavy atom. The number of benzene rings is 2. The number of aryl methyl sites for hydroxylation is 1. The van der Waals surface area contributed by atoms with Gasteiger partial charge in [-0.25, -0.2) is 4.98 Å². The maximum absolute atomic E-state index is 12.6. The number of fused-ring (bicyclic) bond motifs is 1. The third-order valence-corrected chi connectivity index (χ3v) is 7.30. The fourth-order valence-electron chi connectivity index (χ4n) is 5.14. The summed E-state index contributed by atoms with van der Waals surface area (Å²) in [6.07, 6.45) is 19.0. The van der Waals surface area contributed by atoms with Crippen LogP contribution >= 0.6 is 0 Å². The maximum Gasteiger partial charge on any atom is 0.258 e. The maximum atomic E-state index is 12.6. The number of nitrogens with zero attached hydrogens (tertiary/aromatic N) is 2. The number of imidazole rings is 1. The fourth-order valence-corrected chi connectivity index (χ4v) is 5.14. The van der Waals surface area contributed by atoms with E-state index in [1.807, 2.05) is 49.4 Å². The van der Waals surface area contributed by atoms with E-state index in [4.69, 9.17) is 9.72 Å². The molecule has 0 radical (unpaired) electrons. The Kier molecular flexibility index (Phi) is 13.8. The van der Waals surface area contributed by atoms with Crippen molar-refractivity contribution in [3.05, 3.63) is 60.4 Å². The average molecular weight is 520 g/mol. The lowest BCUT2D eigenvalue weighted by Crippen LogP contribution is -2.32. The quantitative estimate of drug-likeness (QED) is 0.152. The van der Waals surface area contributed by atoms with Gasteiger partial charge in [-0.2, -0.15) is 0 Å². The SMILES string of the molecule is CCCCCCCCCCCCCCCCn1c(C(C)NC(=O)COc2ccccc2)nc2ccccc21. The molecule has 1 heterocycles. The van der Waals surface area contributed by atoms with Gasteiger partial charge < -0.3 is 14.6 Å². The first kappa shape index (κ1) is 29.7. The lowest BCUT2D eigenvalue weighted by Gasteiger charge is -2.17. The van der Waals surface area contributed by atoms with Gasteiger partial charge in [0.1, 0.15) is 11.6 Å². The molecule has 38 heavy (non-hydrogen) atoms. The highest BCUT2D eigenvalue weighted by Crippen LogP contribution is 2.22. The van der Waals surface area contributed by atoms with E-state index in [2.05, 4.69) is 28.9 Å². The van der Waals surface area contributed by atoms with Crippen LogP contribution in [0.3, 0.4) is 0 Å². The summed E-state index contributed by atoms with van der Waals surface area (Å²) in [5.41, 5.74) is 2.12. The monoisotopic (exact) mass is 519 g/mol. The number of carbonyl (C=O) groups is 1. The smallest absolute Gasteiger partial charge is 0.258 e. The Balaban J connectivity index is 1.37. The molecule has 0 aliphatic heterocycles. The number of unbranched alkanes of at least 4 members (excludes halogenated alkanes) is 13. The minimum Gasteiger partial charge on any atom is -0.484 e. The summed E-state index contributed by atoms with van der Waals surface area (Å²) in [7, 11) is 0. The molecular weight excluding hydrogens is 470 g/mol. The number of aromatic nitrogens is 2. The number of nitrogens with one attached hydrogen (secondary N) is 1. The molecule has 0 bridgehead atoms. The van der Waals surface area contributed by atoms with Crippen molar-refractivity contribution in [3.63, 3.8) is 0 Å². The molecule has 3 aromatic rings. The molecule has 5 nitrogen and oxygen atoms in total. The van der Waals surface area contributed by atoms with Crippen molar-refractivity contribution in [1.29, 1.82) is 0 Å². The molecule has 3 rings (SSSR count). The Morgan fingerprint density at radius 1 is 0.789 bits per heavy atom. The summed E-state index contributed by atoms with van der Waals surface area (Å²) in [4.78, 5) is 17.4. The van der Waals surface area contributed by atoms with Crippen molar-refractivity contribution < 1.29 is 9.53 Å². The minimum absolute atomic E-state index is 0.00641. The number of hydrogen-bond acceptors (Lipinski definition) is 3. The van der Waals surface area contributed by atoms with E-state index in [0.29, 0.717) is 5.75 Å². The van der Waals surface area contributed by atoms with Gasteiger partial charge in [-0.05, 0) is 37.6 Å². The van der Waals surface area contributed by atoms with E-state index in [1.54, 1.807) is 0 Å². The zero-order valence-corrected chi connectivity index (χ0v) is 23.8. The van der Waals surface area contributed by atoms with Crippen LogP contribution in [0.25, 0.3) is 11.0 Å². The van der Waals surface area contributed by atoms with Gasteiger partial charge in [-0.15, -0.1) is 0 Å². The fraction of sp³-hybridized carbons (Fsp3) is 0.576. The molecule has 1 unspecified atom stereocenters. The zero-order valence-electron chi connectivity index (χ0n) is 23.8. The predicted octanol–water partition coefficient (Wildman–Crippen LogP) is 8.77. The Bertz CT molecular complexity index is 1050. The lowest BCUT2D eigenvalue weighted by molar-refractivity contribution is -0.123. The van der Waals surface area contributed by atoms with E-state index in [-0.39, 0.29) is 18.6 Å². The molecule has 0 fully saturated rings. The molecule has 0 spiro atoms. The van der Waals surface area contributed by atoms with Crippen LogP contribution in [0.2, 0.25) is 0 Å². The van der Waals surface area contributed by atoms with Gasteiger partial charge in [0.25, 0.3) is 5.91 Å². The molecule has 1 N–H and O–H groups in total. The second kappa shape index (κ2) is 17.6.